The van der Waals surface area contributed by atoms with Crippen LogP contribution in [0.5, 0.6) is 0 Å². The molecular formula is C15H19N3. The fourth-order valence-electron chi connectivity index (χ4n) is 1.58. The molecule has 94 valence electrons. The number of hydrogen-bond acceptors (Lipinski definition) is 2. The molecule has 3 nitrogen and oxygen atoms in total. The molecule has 0 atom stereocenters. The second-order valence-corrected chi connectivity index (χ2v) is 3.40. The van der Waals surface area contributed by atoms with E-state index in [4.69, 9.17) is 0 Å². The van der Waals surface area contributed by atoms with Gasteiger partial charge in [-0.3, -0.25) is 0 Å². The topological polar surface area (TPSA) is 36.8 Å². The summed E-state index contributed by atoms with van der Waals surface area (Å²) in [6.45, 7) is 9.63. The second kappa shape index (κ2) is 7.22. The summed E-state index contributed by atoms with van der Waals surface area (Å²) in [5, 5.41) is 3.10. The van der Waals surface area contributed by atoms with Gasteiger partial charge in [0.05, 0.1) is 12.0 Å². The largest absolute Gasteiger partial charge is 0.343 e. The molecule has 0 aromatic heterocycles. The van der Waals surface area contributed by atoms with Crippen molar-refractivity contribution in [1.29, 1.82) is 0 Å². The van der Waals surface area contributed by atoms with Crippen molar-refractivity contribution in [2.75, 3.05) is 0 Å². The maximum atomic E-state index is 4.14. The Labute approximate surface area is 109 Å². The monoisotopic (exact) mass is 241 g/mol. The first-order chi connectivity index (χ1) is 8.83. The first kappa shape index (κ1) is 13.9. The number of aliphatic imine (C=N–C) groups is 2. The summed E-state index contributed by atoms with van der Waals surface area (Å²) in [5.41, 5.74) is 3.22. The van der Waals surface area contributed by atoms with Crippen molar-refractivity contribution in [2.24, 2.45) is 9.98 Å². The summed E-state index contributed by atoms with van der Waals surface area (Å²) in [7, 11) is 0. The zero-order valence-corrected chi connectivity index (χ0v) is 11.1. The van der Waals surface area contributed by atoms with Crippen molar-refractivity contribution < 1.29 is 0 Å². The summed E-state index contributed by atoms with van der Waals surface area (Å²) < 4.78 is 0. The highest BCUT2D eigenvalue weighted by Crippen LogP contribution is 2.19. The highest BCUT2D eigenvalue weighted by atomic mass is 15.1. The van der Waals surface area contributed by atoms with Gasteiger partial charge in [-0.2, -0.15) is 0 Å². The van der Waals surface area contributed by atoms with E-state index in [0.29, 0.717) is 5.84 Å². The van der Waals surface area contributed by atoms with E-state index in [1.165, 1.54) is 6.20 Å². The predicted molar refractivity (Wildman–Crippen MR) is 79.6 cm³/mol. The quantitative estimate of drug-likeness (QED) is 0.843. The second-order valence-electron chi connectivity index (χ2n) is 3.40. The number of hydrogen-bond donors (Lipinski definition) is 1. The molecule has 1 aromatic rings. The molecule has 1 N–H and O–H groups in total. The van der Waals surface area contributed by atoms with Crippen LogP contribution < -0.4 is 5.32 Å². The van der Waals surface area contributed by atoms with Crippen molar-refractivity contribution in [2.45, 2.75) is 20.8 Å². The molecule has 2 rings (SSSR count). The molecule has 1 aliphatic heterocycles. The summed E-state index contributed by atoms with van der Waals surface area (Å²) in [6.07, 6.45) is 3.14. The third-order valence-electron chi connectivity index (χ3n) is 2.41. The zero-order valence-electron chi connectivity index (χ0n) is 11.1. The minimum atomic E-state index is 0.677. The van der Waals surface area contributed by atoms with E-state index in [-0.39, 0.29) is 0 Å². The lowest BCUT2D eigenvalue weighted by molar-refractivity contribution is 1.27. The number of amidine groups is 1. The van der Waals surface area contributed by atoms with Gasteiger partial charge in [0.15, 0.2) is 5.84 Å². The average molecular weight is 241 g/mol. The lowest BCUT2D eigenvalue weighted by atomic mass is 10.1. The summed E-state index contributed by atoms with van der Waals surface area (Å²) in [5.74, 6) is 0.677. The van der Waals surface area contributed by atoms with E-state index < -0.39 is 0 Å². The Morgan fingerprint density at radius 2 is 1.94 bits per heavy atom. The number of nitrogens with one attached hydrogen (secondary N) is 1. The van der Waals surface area contributed by atoms with Gasteiger partial charge in [-0.15, -0.1) is 0 Å². The van der Waals surface area contributed by atoms with Crippen LogP contribution >= 0.6 is 0 Å². The SMILES string of the molecule is C=CN=C1N=CN/C1=C(/C)c1ccccc1.CC. The maximum Gasteiger partial charge on any atom is 0.177 e. The average Bonchev–Trinajstić information content (AvgIpc) is 2.90. The minimum absolute atomic E-state index is 0.677. The van der Waals surface area contributed by atoms with Crippen LogP contribution in [0.1, 0.15) is 26.3 Å². The van der Waals surface area contributed by atoms with Crippen molar-refractivity contribution in [3.63, 3.8) is 0 Å². The van der Waals surface area contributed by atoms with Crippen molar-refractivity contribution in [1.82, 2.24) is 5.32 Å². The van der Waals surface area contributed by atoms with Gasteiger partial charge < -0.3 is 5.32 Å². The van der Waals surface area contributed by atoms with Gasteiger partial charge >= 0.3 is 0 Å². The van der Waals surface area contributed by atoms with E-state index >= 15 is 0 Å². The zero-order chi connectivity index (χ0) is 13.4. The molecule has 0 amide bonds. The molecule has 1 heterocycles. The number of nitrogens with zero attached hydrogens (tertiary/aromatic N) is 2. The van der Waals surface area contributed by atoms with E-state index in [1.54, 1.807) is 6.34 Å². The lowest BCUT2D eigenvalue weighted by Gasteiger charge is -2.06. The molecule has 0 saturated carbocycles. The van der Waals surface area contributed by atoms with Gasteiger partial charge in [0.25, 0.3) is 0 Å². The first-order valence-corrected chi connectivity index (χ1v) is 6.07. The molecular weight excluding hydrogens is 222 g/mol. The van der Waals surface area contributed by atoms with Crippen LogP contribution in [0.25, 0.3) is 5.57 Å². The Morgan fingerprint density at radius 3 is 2.56 bits per heavy atom. The van der Waals surface area contributed by atoms with Crippen LogP contribution in [0, 0.1) is 0 Å². The van der Waals surface area contributed by atoms with Gasteiger partial charge in [0.1, 0.15) is 0 Å². The molecule has 1 aromatic carbocycles. The Bertz CT molecular complexity index is 482. The normalized spacial score (nSPS) is 17.8. The number of rotatable bonds is 2. The maximum absolute atomic E-state index is 4.14. The fourth-order valence-corrected chi connectivity index (χ4v) is 1.58. The highest BCUT2D eigenvalue weighted by molar-refractivity contribution is 6.12. The minimum Gasteiger partial charge on any atom is -0.343 e. The summed E-state index contributed by atoms with van der Waals surface area (Å²) >= 11 is 0. The Balaban J connectivity index is 0.000000771. The third kappa shape index (κ3) is 3.17. The van der Waals surface area contributed by atoms with Gasteiger partial charge in [-0.05, 0) is 18.1 Å². The van der Waals surface area contributed by atoms with E-state index in [0.717, 1.165) is 16.8 Å². The van der Waals surface area contributed by atoms with Crippen LogP contribution in [-0.2, 0) is 0 Å². The van der Waals surface area contributed by atoms with Crippen LogP contribution in [0.4, 0.5) is 0 Å². The van der Waals surface area contributed by atoms with Crippen molar-refractivity contribution >= 4 is 17.7 Å². The Hall–Kier alpha value is -2.16. The first-order valence-electron chi connectivity index (χ1n) is 6.07. The molecule has 3 heteroatoms. The van der Waals surface area contributed by atoms with Crippen LogP contribution in [0.15, 0.2) is 58.8 Å². The predicted octanol–water partition coefficient (Wildman–Crippen LogP) is 3.62. The number of benzene rings is 1. The smallest absolute Gasteiger partial charge is 0.177 e. The fraction of sp³-hybridized carbons (Fsp3) is 0.200. The Kier molecular flexibility index (Phi) is 5.58. The molecule has 18 heavy (non-hydrogen) atoms. The molecule has 1 aliphatic rings. The van der Waals surface area contributed by atoms with E-state index in [2.05, 4.69) is 34.0 Å². The van der Waals surface area contributed by atoms with E-state index in [9.17, 15) is 0 Å². The highest BCUT2D eigenvalue weighted by Gasteiger charge is 2.13. The third-order valence-corrected chi connectivity index (χ3v) is 2.41. The van der Waals surface area contributed by atoms with Gasteiger partial charge in [0.2, 0.25) is 0 Å². The van der Waals surface area contributed by atoms with Crippen molar-refractivity contribution in [3.05, 3.63) is 54.4 Å². The molecule has 0 radical (unpaired) electrons. The van der Waals surface area contributed by atoms with Crippen LogP contribution in [0.2, 0.25) is 0 Å². The molecule has 0 saturated heterocycles. The molecule has 0 spiro atoms. The summed E-state index contributed by atoms with van der Waals surface area (Å²) in [6, 6.07) is 10.2. The Morgan fingerprint density at radius 1 is 1.28 bits per heavy atom. The molecule has 0 unspecified atom stereocenters. The van der Waals surface area contributed by atoms with Crippen LogP contribution in [-0.4, -0.2) is 12.2 Å². The van der Waals surface area contributed by atoms with E-state index in [1.807, 2.05) is 39.0 Å². The summed E-state index contributed by atoms with van der Waals surface area (Å²) in [4.78, 5) is 8.25. The standard InChI is InChI=1S/C13H13N3.C2H6/c1-3-14-13-12(15-9-16-13)10(2)11-7-5-4-6-8-11;1-2/h3-9H,1H2,2H3,(H,14,15,16);1-2H3/b12-10-;. The van der Waals surface area contributed by atoms with Gasteiger partial charge in [-0.25, -0.2) is 9.98 Å². The van der Waals surface area contributed by atoms with Crippen molar-refractivity contribution in [3.8, 4) is 0 Å². The molecule has 0 fully saturated rings. The van der Waals surface area contributed by atoms with Gasteiger partial charge in [0, 0.05) is 6.20 Å². The lowest BCUT2D eigenvalue weighted by Crippen LogP contribution is -2.10. The van der Waals surface area contributed by atoms with Gasteiger partial charge in [-0.1, -0.05) is 50.8 Å². The number of allylic oxidation sites excluding steroid dienone is 1. The molecule has 0 bridgehead atoms. The molecule has 0 aliphatic carbocycles. The van der Waals surface area contributed by atoms with Crippen LogP contribution in [0.3, 0.4) is 0 Å².